The van der Waals surface area contributed by atoms with Gasteiger partial charge in [-0.05, 0) is 100 Å². The summed E-state index contributed by atoms with van der Waals surface area (Å²) in [5.74, 6) is 8.49. The van der Waals surface area contributed by atoms with Crippen LogP contribution < -0.4 is 0 Å². The second kappa shape index (κ2) is 8.28. The minimum absolute atomic E-state index is 0.211. The van der Waals surface area contributed by atoms with E-state index in [0.717, 1.165) is 38.5 Å². The molecule has 0 aliphatic heterocycles. The molecule has 2 heteroatoms. The van der Waals surface area contributed by atoms with E-state index in [0.29, 0.717) is 30.1 Å². The predicted molar refractivity (Wildman–Crippen MR) is 134 cm³/mol. The number of carbonyl (C=O) groups excluding carboxylic acids is 1. The van der Waals surface area contributed by atoms with E-state index in [-0.39, 0.29) is 11.2 Å². The van der Waals surface area contributed by atoms with Crippen molar-refractivity contribution in [3.8, 4) is 11.8 Å². The van der Waals surface area contributed by atoms with Gasteiger partial charge in [0.25, 0.3) is 0 Å². The van der Waals surface area contributed by atoms with Crippen molar-refractivity contribution in [1.29, 1.82) is 0 Å². The molecule has 5 aliphatic rings. The van der Waals surface area contributed by atoms with Gasteiger partial charge in [-0.3, -0.25) is 4.79 Å². The highest BCUT2D eigenvalue weighted by Gasteiger charge is 2.62. The highest BCUT2D eigenvalue weighted by molar-refractivity contribution is 5.93. The Bertz CT molecular complexity index is 1070. The summed E-state index contributed by atoms with van der Waals surface area (Å²) in [5, 5.41) is 11.7. The molecule has 0 aromatic rings. The molecule has 0 aromatic heterocycles. The molecule has 1 N–H and O–H groups in total. The summed E-state index contributed by atoms with van der Waals surface area (Å²) < 4.78 is 0. The first-order valence-corrected chi connectivity index (χ1v) is 12.9. The van der Waals surface area contributed by atoms with Crippen molar-refractivity contribution >= 4 is 5.78 Å². The molecule has 3 saturated carbocycles. The number of allylic oxidation sites excluding steroid dienone is 9. The van der Waals surface area contributed by atoms with Crippen LogP contribution >= 0.6 is 0 Å². The third-order valence-electron chi connectivity index (χ3n) is 9.54. The Labute approximate surface area is 199 Å². The molecule has 5 aliphatic carbocycles. The Morgan fingerprint density at radius 2 is 2.00 bits per heavy atom. The summed E-state index contributed by atoms with van der Waals surface area (Å²) in [4.78, 5) is 12.2. The van der Waals surface area contributed by atoms with Gasteiger partial charge in [0.05, 0.1) is 0 Å². The first kappa shape index (κ1) is 22.7. The van der Waals surface area contributed by atoms with Gasteiger partial charge in [0.2, 0.25) is 0 Å². The van der Waals surface area contributed by atoms with Gasteiger partial charge in [-0.1, -0.05) is 54.4 Å². The molecule has 0 aromatic carbocycles. The van der Waals surface area contributed by atoms with Gasteiger partial charge in [-0.15, -0.1) is 5.92 Å². The Hall–Kier alpha value is -2.11. The fourth-order valence-electron chi connectivity index (χ4n) is 7.51. The normalized spacial score (nSPS) is 38.3. The average Bonchev–Trinajstić information content (AvgIpc) is 3.59. The summed E-state index contributed by atoms with van der Waals surface area (Å²) in [5.41, 5.74) is 5.82. The van der Waals surface area contributed by atoms with E-state index in [2.05, 4.69) is 50.5 Å². The van der Waals surface area contributed by atoms with Crippen LogP contribution in [0.25, 0.3) is 0 Å². The van der Waals surface area contributed by atoms with E-state index < -0.39 is 5.60 Å². The Kier molecular flexibility index (Phi) is 5.69. The monoisotopic (exact) mass is 442 g/mol. The molecule has 0 bridgehead atoms. The van der Waals surface area contributed by atoms with Crippen molar-refractivity contribution in [2.75, 3.05) is 0 Å². The zero-order chi connectivity index (χ0) is 23.4. The minimum Gasteiger partial charge on any atom is -0.377 e. The zero-order valence-corrected chi connectivity index (χ0v) is 20.5. The van der Waals surface area contributed by atoms with Crippen LogP contribution in [-0.2, 0) is 4.79 Å². The fourth-order valence-corrected chi connectivity index (χ4v) is 7.51. The maximum atomic E-state index is 12.2. The van der Waals surface area contributed by atoms with Crippen molar-refractivity contribution in [3.63, 3.8) is 0 Å². The Morgan fingerprint density at radius 3 is 2.73 bits per heavy atom. The second-order valence-corrected chi connectivity index (χ2v) is 11.4. The molecule has 5 rings (SSSR count). The average molecular weight is 443 g/mol. The maximum absolute atomic E-state index is 12.2. The van der Waals surface area contributed by atoms with Gasteiger partial charge in [0, 0.05) is 17.8 Å². The molecule has 0 amide bonds. The van der Waals surface area contributed by atoms with Crippen LogP contribution in [0.3, 0.4) is 0 Å². The van der Waals surface area contributed by atoms with Crippen molar-refractivity contribution in [2.24, 2.45) is 29.1 Å². The molecule has 0 radical (unpaired) electrons. The van der Waals surface area contributed by atoms with Gasteiger partial charge in [-0.25, -0.2) is 0 Å². The predicted octanol–water partition coefficient (Wildman–Crippen LogP) is 6.64. The molecular weight excluding hydrogens is 404 g/mol. The standard InChI is InChI=1S/C31H38O2/c1-5-16-31(33)17-15-28-26-13-11-23-18-24(32)12-14-25(23)29(26)27(19-30(28,31)4)21(3)8-6-7-20(2)22-9-10-22/h6-8,18,22,26-28,33H,2,9-15,17,19H2,1,3-4H3/b7-6-,21-8+/t26-,27+,28-,30-,31-/m0/s1. The lowest BCUT2D eigenvalue weighted by Crippen LogP contribution is -2.51. The van der Waals surface area contributed by atoms with E-state index in [1.807, 2.05) is 13.0 Å². The van der Waals surface area contributed by atoms with Crippen LogP contribution in [0, 0.1) is 40.9 Å². The zero-order valence-electron chi connectivity index (χ0n) is 20.5. The lowest BCUT2D eigenvalue weighted by Gasteiger charge is -2.54. The van der Waals surface area contributed by atoms with E-state index in [9.17, 15) is 9.90 Å². The molecule has 0 heterocycles. The highest BCUT2D eigenvalue weighted by atomic mass is 16.3. The van der Waals surface area contributed by atoms with Crippen LogP contribution in [0.5, 0.6) is 0 Å². The smallest absolute Gasteiger partial charge is 0.156 e. The minimum atomic E-state index is -0.907. The van der Waals surface area contributed by atoms with Crippen molar-refractivity contribution < 1.29 is 9.90 Å². The van der Waals surface area contributed by atoms with E-state index in [1.54, 1.807) is 5.57 Å². The van der Waals surface area contributed by atoms with Crippen molar-refractivity contribution in [3.05, 3.63) is 58.7 Å². The number of aliphatic hydroxyl groups is 1. The maximum Gasteiger partial charge on any atom is 0.156 e. The first-order chi connectivity index (χ1) is 15.8. The van der Waals surface area contributed by atoms with Crippen LogP contribution in [-0.4, -0.2) is 16.5 Å². The van der Waals surface area contributed by atoms with Gasteiger partial charge in [0.1, 0.15) is 5.60 Å². The SMILES string of the molecule is C=C(/C=C\C=C(/C)[C@H]1C[C@@]2(C)[C@@H](CC[C@@]2(O)C#CC)[C@@H]2CCC3=CC(=O)CCC3=C21)C1CC1. The molecule has 0 saturated heterocycles. The number of fused-ring (bicyclic) bond motifs is 4. The summed E-state index contributed by atoms with van der Waals surface area (Å²) in [7, 11) is 0. The third kappa shape index (κ3) is 3.74. The van der Waals surface area contributed by atoms with Crippen LogP contribution in [0.4, 0.5) is 0 Å². The Balaban J connectivity index is 1.58. The summed E-state index contributed by atoms with van der Waals surface area (Å²) >= 11 is 0. The van der Waals surface area contributed by atoms with Crippen molar-refractivity contribution in [1.82, 2.24) is 0 Å². The van der Waals surface area contributed by atoms with Gasteiger partial charge in [0.15, 0.2) is 5.78 Å². The molecule has 3 fully saturated rings. The van der Waals surface area contributed by atoms with Gasteiger partial charge < -0.3 is 5.11 Å². The number of ketones is 1. The molecule has 5 atom stereocenters. The highest BCUT2D eigenvalue weighted by Crippen LogP contribution is 2.65. The molecule has 2 nitrogen and oxygen atoms in total. The molecule has 0 spiro atoms. The summed E-state index contributed by atoms with van der Waals surface area (Å²) in [6, 6.07) is 0. The molecular formula is C31H38O2. The van der Waals surface area contributed by atoms with Crippen LogP contribution in [0.15, 0.2) is 58.7 Å². The lowest BCUT2D eigenvalue weighted by atomic mass is 9.51. The lowest BCUT2D eigenvalue weighted by molar-refractivity contribution is -0.114. The largest absolute Gasteiger partial charge is 0.377 e. The van der Waals surface area contributed by atoms with Crippen LogP contribution in [0.1, 0.15) is 78.6 Å². The summed E-state index contributed by atoms with van der Waals surface area (Å²) in [6.45, 7) is 10.6. The fraction of sp³-hybridized carbons (Fsp3) is 0.581. The Morgan fingerprint density at radius 1 is 1.21 bits per heavy atom. The third-order valence-corrected chi connectivity index (χ3v) is 9.54. The number of hydrogen-bond donors (Lipinski definition) is 1. The second-order valence-electron chi connectivity index (χ2n) is 11.4. The topological polar surface area (TPSA) is 37.3 Å². The quantitative estimate of drug-likeness (QED) is 0.391. The number of carbonyl (C=O) groups is 1. The van der Waals surface area contributed by atoms with E-state index in [1.165, 1.54) is 35.1 Å². The summed E-state index contributed by atoms with van der Waals surface area (Å²) in [6.07, 6.45) is 17.5. The van der Waals surface area contributed by atoms with Gasteiger partial charge in [-0.2, -0.15) is 0 Å². The van der Waals surface area contributed by atoms with Gasteiger partial charge >= 0.3 is 0 Å². The van der Waals surface area contributed by atoms with Crippen molar-refractivity contribution in [2.45, 2.75) is 84.2 Å². The van der Waals surface area contributed by atoms with Crippen LogP contribution in [0.2, 0.25) is 0 Å². The number of rotatable bonds is 4. The van der Waals surface area contributed by atoms with E-state index >= 15 is 0 Å². The number of hydrogen-bond acceptors (Lipinski definition) is 2. The first-order valence-electron chi connectivity index (χ1n) is 12.9. The van der Waals surface area contributed by atoms with E-state index in [4.69, 9.17) is 0 Å². The molecule has 33 heavy (non-hydrogen) atoms. The molecule has 0 unspecified atom stereocenters. The molecule has 174 valence electrons.